The molecule has 0 unspecified atom stereocenters. The van der Waals surface area contributed by atoms with E-state index in [0.29, 0.717) is 29.1 Å². The number of fused-ring (bicyclic) bond motifs is 2. The van der Waals surface area contributed by atoms with Crippen LogP contribution in [0.5, 0.6) is 0 Å². The Balaban J connectivity index is 1.63. The van der Waals surface area contributed by atoms with Gasteiger partial charge < -0.3 is 10.2 Å². The second kappa shape index (κ2) is 7.22. The molecule has 1 atom stereocenters. The van der Waals surface area contributed by atoms with Gasteiger partial charge in [-0.2, -0.15) is 10.2 Å². The Kier molecular flexibility index (Phi) is 4.49. The third kappa shape index (κ3) is 3.24. The first-order valence-corrected chi connectivity index (χ1v) is 9.73. The highest BCUT2D eigenvalue weighted by molar-refractivity contribution is 5.79. The molecule has 0 saturated heterocycles. The van der Waals surface area contributed by atoms with E-state index >= 15 is 0 Å². The molecule has 4 aromatic heterocycles. The van der Waals surface area contributed by atoms with Gasteiger partial charge in [0.05, 0.1) is 42.4 Å². The molecule has 31 heavy (non-hydrogen) atoms. The molecule has 8 nitrogen and oxygen atoms in total. The molecule has 0 aliphatic rings. The van der Waals surface area contributed by atoms with Crippen molar-refractivity contribution in [1.29, 1.82) is 0 Å². The minimum atomic E-state index is -1.69. The van der Waals surface area contributed by atoms with Crippen molar-refractivity contribution in [3.8, 4) is 11.3 Å². The maximum Gasteiger partial charge on any atom is 0.153 e. The fourth-order valence-electron chi connectivity index (χ4n) is 3.69. The van der Waals surface area contributed by atoms with Gasteiger partial charge in [0.15, 0.2) is 5.65 Å². The highest BCUT2D eigenvalue weighted by Crippen LogP contribution is 2.33. The lowest BCUT2D eigenvalue weighted by Crippen LogP contribution is -2.27. The zero-order valence-corrected chi connectivity index (χ0v) is 16.6. The Morgan fingerprint density at radius 3 is 2.84 bits per heavy atom. The molecule has 1 aromatic carbocycles. The summed E-state index contributed by atoms with van der Waals surface area (Å²) in [5.41, 5.74) is 1.13. The highest BCUT2D eigenvalue weighted by atomic mass is 19.1. The summed E-state index contributed by atoms with van der Waals surface area (Å²) in [7, 11) is 0. The predicted octanol–water partition coefficient (Wildman–Crippen LogP) is 2.53. The number of imidazole rings is 1. The minimum absolute atomic E-state index is 0.0189. The van der Waals surface area contributed by atoms with Crippen molar-refractivity contribution in [2.45, 2.75) is 19.1 Å². The van der Waals surface area contributed by atoms with E-state index in [1.165, 1.54) is 23.7 Å². The summed E-state index contributed by atoms with van der Waals surface area (Å²) in [6.07, 6.45) is 6.51. The summed E-state index contributed by atoms with van der Waals surface area (Å²) in [6.45, 7) is 1.88. The van der Waals surface area contributed by atoms with Crippen molar-refractivity contribution >= 4 is 16.6 Å². The third-order valence-corrected chi connectivity index (χ3v) is 5.34. The van der Waals surface area contributed by atoms with Crippen molar-refractivity contribution < 1.29 is 14.6 Å². The molecular weight excluding hydrogens is 399 g/mol. The van der Waals surface area contributed by atoms with Crippen molar-refractivity contribution in [2.24, 2.45) is 0 Å². The normalized spacial score (nSPS) is 13.7. The first-order chi connectivity index (χ1) is 15.0. The van der Waals surface area contributed by atoms with Gasteiger partial charge in [0.2, 0.25) is 0 Å². The average molecular weight is 418 g/mol. The van der Waals surface area contributed by atoms with Crippen LogP contribution in [0.15, 0.2) is 61.2 Å². The number of nitrogens with zero attached hydrogens (tertiary/aromatic N) is 6. The van der Waals surface area contributed by atoms with Gasteiger partial charge in [0.1, 0.15) is 11.4 Å². The summed E-state index contributed by atoms with van der Waals surface area (Å²) < 4.78 is 18.1. The molecule has 0 aliphatic carbocycles. The smallest absolute Gasteiger partial charge is 0.153 e. The van der Waals surface area contributed by atoms with Crippen molar-refractivity contribution in [2.75, 3.05) is 6.61 Å². The topological polar surface area (TPSA) is 101 Å². The van der Waals surface area contributed by atoms with Gasteiger partial charge in [0.25, 0.3) is 0 Å². The Morgan fingerprint density at radius 2 is 2.00 bits per heavy atom. The molecule has 4 heterocycles. The highest BCUT2D eigenvalue weighted by Gasteiger charge is 2.33. The van der Waals surface area contributed by atoms with Crippen molar-refractivity contribution in [3.05, 3.63) is 78.3 Å². The van der Waals surface area contributed by atoms with Gasteiger partial charge in [-0.1, -0.05) is 6.07 Å². The monoisotopic (exact) mass is 418 g/mol. The van der Waals surface area contributed by atoms with Crippen LogP contribution in [0.4, 0.5) is 4.39 Å². The van der Waals surface area contributed by atoms with E-state index in [1.54, 1.807) is 47.5 Å². The van der Waals surface area contributed by atoms with Crippen LogP contribution in [0.25, 0.3) is 27.8 Å². The molecule has 0 saturated carbocycles. The summed E-state index contributed by atoms with van der Waals surface area (Å²) >= 11 is 0. The van der Waals surface area contributed by atoms with E-state index in [0.717, 1.165) is 10.9 Å². The number of aliphatic hydroxyl groups is 2. The number of aromatic nitrogens is 6. The van der Waals surface area contributed by atoms with Crippen molar-refractivity contribution in [1.82, 2.24) is 29.4 Å². The largest absolute Gasteiger partial charge is 0.394 e. The molecule has 156 valence electrons. The van der Waals surface area contributed by atoms with Crippen LogP contribution in [-0.2, 0) is 12.1 Å². The molecule has 2 N–H and O–H groups in total. The lowest BCUT2D eigenvalue weighted by Gasteiger charge is -2.24. The maximum atomic E-state index is 14.9. The summed E-state index contributed by atoms with van der Waals surface area (Å²) in [4.78, 5) is 8.49. The molecule has 0 fully saturated rings. The lowest BCUT2D eigenvalue weighted by atomic mass is 9.91. The van der Waals surface area contributed by atoms with Crippen LogP contribution in [0.1, 0.15) is 18.2 Å². The second-order valence-electron chi connectivity index (χ2n) is 7.45. The molecular formula is C22H19FN6O2. The first kappa shape index (κ1) is 19.3. The number of hydrogen-bond donors (Lipinski definition) is 2. The zero-order valence-electron chi connectivity index (χ0n) is 16.6. The van der Waals surface area contributed by atoms with Crippen LogP contribution in [0, 0.1) is 5.82 Å². The summed E-state index contributed by atoms with van der Waals surface area (Å²) in [5.74, 6) is -0.562. The van der Waals surface area contributed by atoms with Gasteiger partial charge in [-0.15, -0.1) is 0 Å². The van der Waals surface area contributed by atoms with E-state index < -0.39 is 11.4 Å². The van der Waals surface area contributed by atoms with E-state index in [2.05, 4.69) is 20.2 Å². The van der Waals surface area contributed by atoms with Gasteiger partial charge >= 0.3 is 0 Å². The molecule has 5 rings (SSSR count). The number of pyridine rings is 1. The van der Waals surface area contributed by atoms with Crippen LogP contribution in [-0.4, -0.2) is 46.2 Å². The van der Waals surface area contributed by atoms with Gasteiger partial charge in [-0.25, -0.2) is 13.9 Å². The van der Waals surface area contributed by atoms with E-state index in [1.807, 2.05) is 6.07 Å². The third-order valence-electron chi connectivity index (χ3n) is 5.34. The Hall–Kier alpha value is -3.69. The lowest BCUT2D eigenvalue weighted by molar-refractivity contribution is 0.0913. The number of hydrogen-bond acceptors (Lipinski definition) is 6. The quantitative estimate of drug-likeness (QED) is 0.455. The summed E-state index contributed by atoms with van der Waals surface area (Å²) in [5, 5.41) is 30.0. The molecule has 9 heteroatoms. The predicted molar refractivity (Wildman–Crippen MR) is 112 cm³/mol. The van der Waals surface area contributed by atoms with Crippen LogP contribution in [0.2, 0.25) is 0 Å². The Labute approximate surface area is 176 Å². The number of aliphatic hydroxyl groups excluding tert-OH is 1. The number of halogens is 1. The molecule has 0 aliphatic heterocycles. The van der Waals surface area contributed by atoms with Crippen LogP contribution >= 0.6 is 0 Å². The van der Waals surface area contributed by atoms with E-state index in [9.17, 15) is 9.50 Å². The first-order valence-electron chi connectivity index (χ1n) is 9.73. The number of benzene rings is 1. The molecule has 5 aromatic rings. The fraction of sp³-hybridized carbons (Fsp3) is 0.182. The second-order valence-corrected chi connectivity index (χ2v) is 7.45. The van der Waals surface area contributed by atoms with E-state index in [4.69, 9.17) is 5.11 Å². The molecule has 0 bridgehead atoms. The number of rotatable bonds is 5. The van der Waals surface area contributed by atoms with Gasteiger partial charge in [0, 0.05) is 35.0 Å². The standard InChI is InChI=1S/C22H19FN6O2/c1-22(31,16-9-14-3-2-6-24-19(14)10-17(16)23)20-12-25-21-5-4-18(27-29(20)21)15-11-26-28(13-15)7-8-30/h2-6,9-13,30-31H,7-8H2,1H3/t22-/m1/s1. The minimum Gasteiger partial charge on any atom is -0.394 e. The van der Waals surface area contributed by atoms with Gasteiger partial charge in [-0.05, 0) is 31.2 Å². The van der Waals surface area contributed by atoms with Crippen LogP contribution < -0.4 is 0 Å². The van der Waals surface area contributed by atoms with Crippen LogP contribution in [0.3, 0.4) is 0 Å². The Bertz CT molecular complexity index is 1410. The fourth-order valence-corrected chi connectivity index (χ4v) is 3.69. The average Bonchev–Trinajstić information content (AvgIpc) is 3.40. The SMILES string of the molecule is C[C@@](O)(c1cc2cccnc2cc1F)c1cnc2ccc(-c3cnn(CCO)c3)nn12. The molecule has 0 radical (unpaired) electrons. The van der Waals surface area contributed by atoms with E-state index in [-0.39, 0.29) is 12.2 Å². The molecule has 0 amide bonds. The Morgan fingerprint density at radius 1 is 1.13 bits per heavy atom. The van der Waals surface area contributed by atoms with Crippen molar-refractivity contribution in [3.63, 3.8) is 0 Å². The molecule has 0 spiro atoms. The van der Waals surface area contributed by atoms with Gasteiger partial charge in [-0.3, -0.25) is 9.67 Å². The maximum absolute atomic E-state index is 14.9. The summed E-state index contributed by atoms with van der Waals surface area (Å²) in [6, 6.07) is 10.1. The zero-order chi connectivity index (χ0) is 21.6.